The topological polar surface area (TPSA) is 61.0 Å². The van der Waals surface area contributed by atoms with Gasteiger partial charge >= 0.3 is 0 Å². The number of halogens is 1. The van der Waals surface area contributed by atoms with Crippen molar-refractivity contribution in [3.63, 3.8) is 0 Å². The standard InChI is InChI=1S/C14H17FN4O/c1-16-7-8-19(2)14(20)12-9-17-18-13(12)10-3-5-11(15)6-4-10/h3-6,9,16H,7-8H2,1-2H3,(H,17,18). The van der Waals surface area contributed by atoms with Crippen molar-refractivity contribution < 1.29 is 9.18 Å². The molecule has 5 nitrogen and oxygen atoms in total. The maximum atomic E-state index is 12.9. The minimum Gasteiger partial charge on any atom is -0.340 e. The molecular weight excluding hydrogens is 259 g/mol. The summed E-state index contributed by atoms with van der Waals surface area (Å²) < 4.78 is 12.9. The van der Waals surface area contributed by atoms with Crippen molar-refractivity contribution >= 4 is 5.91 Å². The highest BCUT2D eigenvalue weighted by Gasteiger charge is 2.18. The van der Waals surface area contributed by atoms with Gasteiger partial charge in [-0.1, -0.05) is 0 Å². The van der Waals surface area contributed by atoms with E-state index in [0.29, 0.717) is 24.3 Å². The summed E-state index contributed by atoms with van der Waals surface area (Å²) >= 11 is 0. The van der Waals surface area contributed by atoms with Crippen molar-refractivity contribution in [3.05, 3.63) is 41.8 Å². The predicted molar refractivity (Wildman–Crippen MR) is 74.9 cm³/mol. The highest BCUT2D eigenvalue weighted by Crippen LogP contribution is 2.22. The number of hydrogen-bond donors (Lipinski definition) is 2. The Kier molecular flexibility index (Phi) is 4.47. The Morgan fingerprint density at radius 1 is 1.40 bits per heavy atom. The first kappa shape index (κ1) is 14.2. The lowest BCUT2D eigenvalue weighted by atomic mass is 10.1. The first-order valence-corrected chi connectivity index (χ1v) is 6.33. The Hall–Kier alpha value is -2.21. The van der Waals surface area contributed by atoms with Gasteiger partial charge in [-0.3, -0.25) is 9.89 Å². The van der Waals surface area contributed by atoms with Crippen molar-refractivity contribution in [3.8, 4) is 11.3 Å². The van der Waals surface area contributed by atoms with Crippen LogP contribution in [-0.4, -0.2) is 48.2 Å². The zero-order valence-electron chi connectivity index (χ0n) is 11.5. The number of carbonyl (C=O) groups is 1. The number of H-pyrrole nitrogens is 1. The van der Waals surface area contributed by atoms with E-state index >= 15 is 0 Å². The summed E-state index contributed by atoms with van der Waals surface area (Å²) in [4.78, 5) is 14.0. The number of carbonyl (C=O) groups excluding carboxylic acids is 1. The van der Waals surface area contributed by atoms with Gasteiger partial charge in [0.1, 0.15) is 5.82 Å². The van der Waals surface area contributed by atoms with Crippen LogP contribution in [0.2, 0.25) is 0 Å². The van der Waals surface area contributed by atoms with E-state index in [1.165, 1.54) is 18.3 Å². The van der Waals surface area contributed by atoms with Crippen molar-refractivity contribution in [2.75, 3.05) is 27.2 Å². The molecule has 1 heterocycles. The Balaban J connectivity index is 2.24. The summed E-state index contributed by atoms with van der Waals surface area (Å²) in [6.07, 6.45) is 1.50. The second kappa shape index (κ2) is 6.29. The van der Waals surface area contributed by atoms with Gasteiger partial charge in [0.2, 0.25) is 0 Å². The molecule has 0 fully saturated rings. The van der Waals surface area contributed by atoms with E-state index in [1.54, 1.807) is 24.1 Å². The minimum absolute atomic E-state index is 0.117. The molecule has 2 aromatic rings. The molecule has 20 heavy (non-hydrogen) atoms. The monoisotopic (exact) mass is 276 g/mol. The Morgan fingerprint density at radius 3 is 2.75 bits per heavy atom. The van der Waals surface area contributed by atoms with Crippen LogP contribution in [0.25, 0.3) is 11.3 Å². The Bertz CT molecular complexity index is 579. The van der Waals surface area contributed by atoms with Gasteiger partial charge in [-0.2, -0.15) is 5.10 Å². The molecule has 106 valence electrons. The van der Waals surface area contributed by atoms with Gasteiger partial charge in [0.25, 0.3) is 5.91 Å². The van der Waals surface area contributed by atoms with Crippen LogP contribution < -0.4 is 5.32 Å². The van der Waals surface area contributed by atoms with Crippen molar-refractivity contribution in [2.45, 2.75) is 0 Å². The summed E-state index contributed by atoms with van der Waals surface area (Å²) in [5, 5.41) is 9.71. The zero-order chi connectivity index (χ0) is 14.5. The highest BCUT2D eigenvalue weighted by molar-refractivity contribution is 5.99. The van der Waals surface area contributed by atoms with E-state index < -0.39 is 0 Å². The number of nitrogens with zero attached hydrogens (tertiary/aromatic N) is 2. The summed E-state index contributed by atoms with van der Waals surface area (Å²) in [6.45, 7) is 1.31. The average Bonchev–Trinajstić information content (AvgIpc) is 2.94. The quantitative estimate of drug-likeness (QED) is 0.870. The number of hydrogen-bond acceptors (Lipinski definition) is 3. The van der Waals surface area contributed by atoms with Crippen LogP contribution in [0.15, 0.2) is 30.5 Å². The lowest BCUT2D eigenvalue weighted by Crippen LogP contribution is -2.32. The summed E-state index contributed by atoms with van der Waals surface area (Å²) in [7, 11) is 3.57. The largest absolute Gasteiger partial charge is 0.340 e. The molecule has 0 unspecified atom stereocenters. The second-order valence-corrected chi connectivity index (χ2v) is 4.50. The maximum absolute atomic E-state index is 12.9. The van der Waals surface area contributed by atoms with Gasteiger partial charge in [0.05, 0.1) is 17.5 Å². The lowest BCUT2D eigenvalue weighted by molar-refractivity contribution is 0.0797. The molecule has 0 atom stereocenters. The predicted octanol–water partition coefficient (Wildman–Crippen LogP) is 1.51. The first-order valence-electron chi connectivity index (χ1n) is 6.33. The number of likely N-dealkylation sites (N-methyl/N-ethyl adjacent to an activating group) is 2. The summed E-state index contributed by atoms with van der Waals surface area (Å²) in [5.74, 6) is -0.430. The van der Waals surface area contributed by atoms with E-state index in [4.69, 9.17) is 0 Å². The van der Waals surface area contributed by atoms with Crippen molar-refractivity contribution in [2.24, 2.45) is 0 Å². The molecule has 0 aliphatic heterocycles. The van der Waals surface area contributed by atoms with Crippen LogP contribution in [-0.2, 0) is 0 Å². The van der Waals surface area contributed by atoms with Crippen LogP contribution in [0.4, 0.5) is 4.39 Å². The van der Waals surface area contributed by atoms with E-state index in [-0.39, 0.29) is 11.7 Å². The molecule has 0 bridgehead atoms. The lowest BCUT2D eigenvalue weighted by Gasteiger charge is -2.16. The van der Waals surface area contributed by atoms with E-state index in [9.17, 15) is 9.18 Å². The SMILES string of the molecule is CNCCN(C)C(=O)c1cn[nH]c1-c1ccc(F)cc1. The number of rotatable bonds is 5. The van der Waals surface area contributed by atoms with E-state index in [2.05, 4.69) is 15.5 Å². The third kappa shape index (κ3) is 3.03. The number of benzene rings is 1. The van der Waals surface area contributed by atoms with E-state index in [0.717, 1.165) is 5.56 Å². The minimum atomic E-state index is -0.313. The van der Waals surface area contributed by atoms with Gasteiger partial charge < -0.3 is 10.2 Å². The molecule has 0 aliphatic rings. The molecule has 1 amide bonds. The molecule has 2 rings (SSSR count). The molecule has 0 aliphatic carbocycles. The highest BCUT2D eigenvalue weighted by atomic mass is 19.1. The van der Waals surface area contributed by atoms with Crippen molar-refractivity contribution in [1.29, 1.82) is 0 Å². The molecule has 1 aromatic carbocycles. The molecule has 0 saturated carbocycles. The molecule has 0 spiro atoms. The third-order valence-corrected chi connectivity index (χ3v) is 3.05. The normalized spacial score (nSPS) is 10.6. The van der Waals surface area contributed by atoms with Crippen LogP contribution >= 0.6 is 0 Å². The molecule has 0 saturated heterocycles. The molecule has 1 aromatic heterocycles. The van der Waals surface area contributed by atoms with Crippen LogP contribution in [0.1, 0.15) is 10.4 Å². The fraction of sp³-hybridized carbons (Fsp3) is 0.286. The van der Waals surface area contributed by atoms with Crippen LogP contribution in [0, 0.1) is 5.82 Å². The summed E-state index contributed by atoms with van der Waals surface area (Å²) in [5.41, 5.74) is 1.82. The Morgan fingerprint density at radius 2 is 2.10 bits per heavy atom. The van der Waals surface area contributed by atoms with Gasteiger partial charge in [-0.25, -0.2) is 4.39 Å². The number of aromatic amines is 1. The van der Waals surface area contributed by atoms with Crippen LogP contribution in [0.5, 0.6) is 0 Å². The molecule has 0 radical (unpaired) electrons. The smallest absolute Gasteiger partial charge is 0.257 e. The number of amides is 1. The van der Waals surface area contributed by atoms with Gasteiger partial charge in [0.15, 0.2) is 0 Å². The summed E-state index contributed by atoms with van der Waals surface area (Å²) in [6, 6.07) is 5.95. The van der Waals surface area contributed by atoms with Crippen molar-refractivity contribution in [1.82, 2.24) is 20.4 Å². The van der Waals surface area contributed by atoms with Gasteiger partial charge in [0, 0.05) is 25.7 Å². The Labute approximate surface area is 116 Å². The van der Waals surface area contributed by atoms with Gasteiger partial charge in [-0.15, -0.1) is 0 Å². The average molecular weight is 276 g/mol. The fourth-order valence-electron chi connectivity index (χ4n) is 1.87. The molecule has 6 heteroatoms. The fourth-order valence-corrected chi connectivity index (χ4v) is 1.87. The number of aromatic nitrogens is 2. The second-order valence-electron chi connectivity index (χ2n) is 4.50. The maximum Gasteiger partial charge on any atom is 0.257 e. The zero-order valence-corrected chi connectivity index (χ0v) is 11.5. The molecular formula is C14H17FN4O. The third-order valence-electron chi connectivity index (χ3n) is 3.05. The van der Waals surface area contributed by atoms with E-state index in [1.807, 2.05) is 7.05 Å². The number of nitrogens with one attached hydrogen (secondary N) is 2. The van der Waals surface area contributed by atoms with Gasteiger partial charge in [-0.05, 0) is 31.3 Å². The molecule has 2 N–H and O–H groups in total. The first-order chi connectivity index (χ1) is 9.63. The van der Waals surface area contributed by atoms with Crippen LogP contribution in [0.3, 0.4) is 0 Å².